The van der Waals surface area contributed by atoms with E-state index in [2.05, 4.69) is 15.3 Å². The van der Waals surface area contributed by atoms with Crippen LogP contribution < -0.4 is 5.32 Å². The summed E-state index contributed by atoms with van der Waals surface area (Å²) in [7, 11) is 0. The Hall–Kier alpha value is -1.76. The number of aromatic nitrogens is 2. The highest BCUT2D eigenvalue weighted by Gasteiger charge is 2.13. The Kier molecular flexibility index (Phi) is 5.28. The van der Waals surface area contributed by atoms with Crippen molar-refractivity contribution in [2.24, 2.45) is 0 Å². The van der Waals surface area contributed by atoms with Crippen molar-refractivity contribution in [3.8, 4) is 0 Å². The lowest BCUT2D eigenvalue weighted by Gasteiger charge is -2.02. The van der Waals surface area contributed by atoms with Gasteiger partial charge >= 0.3 is 0 Å². The number of nitrogens with one attached hydrogen (secondary N) is 1. The van der Waals surface area contributed by atoms with Crippen LogP contribution >= 0.6 is 34.3 Å². The Balaban J connectivity index is 1.67. The minimum absolute atomic E-state index is 0.0988. The smallest absolute Gasteiger partial charge is 0.232 e. The van der Waals surface area contributed by atoms with Crippen LogP contribution in [0.4, 0.5) is 5.13 Å². The lowest BCUT2D eigenvalue weighted by atomic mass is 10.1. The molecule has 1 N–H and O–H groups in total. The van der Waals surface area contributed by atoms with Crippen molar-refractivity contribution in [3.63, 3.8) is 0 Å². The first-order chi connectivity index (χ1) is 11.5. The fourth-order valence-corrected chi connectivity index (χ4v) is 4.09. The maximum Gasteiger partial charge on any atom is 0.232 e. The molecular weight excluding hydrogens is 362 g/mol. The number of anilines is 1. The van der Waals surface area contributed by atoms with E-state index >= 15 is 0 Å². The van der Waals surface area contributed by atoms with Crippen molar-refractivity contribution in [1.29, 1.82) is 0 Å². The van der Waals surface area contributed by atoms with Gasteiger partial charge in [0.15, 0.2) is 5.13 Å². The molecular formula is C17H16ClN3OS2. The molecule has 0 saturated carbocycles. The fraction of sp³-hybridized carbons (Fsp3) is 0.235. The zero-order chi connectivity index (χ0) is 17.1. The molecule has 124 valence electrons. The average Bonchev–Trinajstić information content (AvgIpc) is 3.07. The van der Waals surface area contributed by atoms with Crippen LogP contribution in [0.25, 0.3) is 0 Å². The molecule has 3 rings (SSSR count). The second kappa shape index (κ2) is 7.42. The molecule has 0 saturated heterocycles. The number of amides is 1. The molecule has 0 aliphatic heterocycles. The van der Waals surface area contributed by atoms with E-state index in [-0.39, 0.29) is 12.3 Å². The maximum atomic E-state index is 12.1. The molecule has 1 amide bonds. The van der Waals surface area contributed by atoms with Gasteiger partial charge in [-0.05, 0) is 25.5 Å². The first kappa shape index (κ1) is 17.1. The number of thiazole rings is 2. The fourth-order valence-electron chi connectivity index (χ4n) is 2.28. The molecule has 0 unspecified atom stereocenters. The second-order valence-corrected chi connectivity index (χ2v) is 7.93. The van der Waals surface area contributed by atoms with E-state index in [0.717, 1.165) is 31.9 Å². The molecule has 1 aromatic carbocycles. The summed E-state index contributed by atoms with van der Waals surface area (Å²) in [6.45, 7) is 3.87. The van der Waals surface area contributed by atoms with E-state index in [1.807, 2.05) is 43.5 Å². The van der Waals surface area contributed by atoms with Gasteiger partial charge in [0.25, 0.3) is 0 Å². The van der Waals surface area contributed by atoms with E-state index in [9.17, 15) is 4.79 Å². The van der Waals surface area contributed by atoms with Gasteiger partial charge in [-0.25, -0.2) is 9.97 Å². The number of halogens is 1. The summed E-state index contributed by atoms with van der Waals surface area (Å²) < 4.78 is 0. The van der Waals surface area contributed by atoms with E-state index < -0.39 is 0 Å². The van der Waals surface area contributed by atoms with Crippen LogP contribution in [0.5, 0.6) is 0 Å². The third kappa shape index (κ3) is 4.20. The highest BCUT2D eigenvalue weighted by atomic mass is 35.5. The van der Waals surface area contributed by atoms with E-state index in [4.69, 9.17) is 11.6 Å². The number of benzene rings is 1. The van der Waals surface area contributed by atoms with Crippen LogP contribution in [-0.4, -0.2) is 15.9 Å². The van der Waals surface area contributed by atoms with Crippen LogP contribution in [0.15, 0.2) is 29.6 Å². The number of aryl methyl sites for hydroxylation is 2. The van der Waals surface area contributed by atoms with E-state index in [0.29, 0.717) is 11.6 Å². The minimum atomic E-state index is -0.0988. The molecule has 0 spiro atoms. The second-order valence-electron chi connectivity index (χ2n) is 5.38. The highest BCUT2D eigenvalue weighted by Crippen LogP contribution is 2.27. The summed E-state index contributed by atoms with van der Waals surface area (Å²) in [6, 6.07) is 7.77. The summed E-state index contributed by atoms with van der Waals surface area (Å²) in [4.78, 5) is 22.0. The number of carbonyl (C=O) groups is 1. The monoisotopic (exact) mass is 377 g/mol. The largest absolute Gasteiger partial charge is 0.302 e. The maximum absolute atomic E-state index is 12.1. The minimum Gasteiger partial charge on any atom is -0.302 e. The zero-order valence-corrected chi connectivity index (χ0v) is 15.7. The van der Waals surface area contributed by atoms with Crippen molar-refractivity contribution < 1.29 is 4.79 Å². The van der Waals surface area contributed by atoms with Gasteiger partial charge in [0, 0.05) is 21.7 Å². The molecule has 4 nitrogen and oxygen atoms in total. The van der Waals surface area contributed by atoms with Crippen molar-refractivity contribution in [1.82, 2.24) is 9.97 Å². The standard InChI is InChI=1S/C17H16ClN3OS2/c1-10-15(7-12-5-3-4-6-14(12)18)24-17(19-10)21-16(22)8-13-9-23-11(2)20-13/h3-6,9H,7-8H2,1-2H3,(H,19,21,22). The lowest BCUT2D eigenvalue weighted by molar-refractivity contribution is -0.115. The van der Waals surface area contributed by atoms with Crippen LogP contribution in [0.3, 0.4) is 0 Å². The molecule has 3 aromatic rings. The molecule has 0 atom stereocenters. The molecule has 0 aliphatic carbocycles. The Labute approximate surface area is 153 Å². The van der Waals surface area contributed by atoms with Gasteiger partial charge in [0.2, 0.25) is 5.91 Å². The van der Waals surface area contributed by atoms with Crippen LogP contribution in [0.1, 0.15) is 26.8 Å². The predicted octanol–water partition coefficient (Wildman–Crippen LogP) is 4.64. The van der Waals surface area contributed by atoms with Gasteiger partial charge in [0.05, 0.1) is 22.8 Å². The highest BCUT2D eigenvalue weighted by molar-refractivity contribution is 7.15. The topological polar surface area (TPSA) is 54.9 Å². The van der Waals surface area contributed by atoms with Gasteiger partial charge in [-0.1, -0.05) is 29.8 Å². The summed E-state index contributed by atoms with van der Waals surface area (Å²) in [5.41, 5.74) is 2.76. The number of nitrogens with zero attached hydrogens (tertiary/aromatic N) is 2. The molecule has 2 heterocycles. The van der Waals surface area contributed by atoms with Crippen molar-refractivity contribution in [2.75, 3.05) is 5.32 Å². The van der Waals surface area contributed by atoms with E-state index in [1.165, 1.54) is 11.3 Å². The van der Waals surface area contributed by atoms with E-state index in [1.54, 1.807) is 11.3 Å². The van der Waals surface area contributed by atoms with Gasteiger partial charge in [0.1, 0.15) is 0 Å². The van der Waals surface area contributed by atoms with Crippen LogP contribution in [-0.2, 0) is 17.6 Å². The third-order valence-electron chi connectivity index (χ3n) is 3.46. The average molecular weight is 378 g/mol. The Morgan fingerprint density at radius 2 is 2.04 bits per heavy atom. The summed E-state index contributed by atoms with van der Waals surface area (Å²) >= 11 is 9.25. The summed E-state index contributed by atoms with van der Waals surface area (Å²) in [5, 5.41) is 7.09. The molecule has 0 fully saturated rings. The normalized spacial score (nSPS) is 10.8. The van der Waals surface area contributed by atoms with Crippen molar-refractivity contribution in [2.45, 2.75) is 26.7 Å². The van der Waals surface area contributed by atoms with Gasteiger partial charge in [-0.2, -0.15) is 0 Å². The Morgan fingerprint density at radius 3 is 2.75 bits per heavy atom. The first-order valence-corrected chi connectivity index (χ1v) is 9.49. The lowest BCUT2D eigenvalue weighted by Crippen LogP contribution is -2.14. The zero-order valence-electron chi connectivity index (χ0n) is 13.3. The molecule has 0 bridgehead atoms. The number of hydrogen-bond acceptors (Lipinski definition) is 5. The molecule has 7 heteroatoms. The number of carbonyl (C=O) groups excluding carboxylic acids is 1. The molecule has 0 radical (unpaired) electrons. The van der Waals surface area contributed by atoms with Crippen molar-refractivity contribution >= 4 is 45.3 Å². The first-order valence-electron chi connectivity index (χ1n) is 7.42. The Morgan fingerprint density at radius 1 is 1.25 bits per heavy atom. The SMILES string of the molecule is Cc1nc(CC(=O)Nc2nc(C)c(Cc3ccccc3Cl)s2)cs1. The molecule has 2 aromatic heterocycles. The van der Waals surface area contributed by atoms with Gasteiger partial charge < -0.3 is 5.32 Å². The Bertz CT molecular complexity index is 872. The van der Waals surface area contributed by atoms with Crippen LogP contribution in [0, 0.1) is 13.8 Å². The third-order valence-corrected chi connectivity index (χ3v) is 5.72. The molecule has 24 heavy (non-hydrogen) atoms. The number of hydrogen-bond donors (Lipinski definition) is 1. The molecule has 0 aliphatic rings. The van der Waals surface area contributed by atoms with Gasteiger partial charge in [-0.3, -0.25) is 4.79 Å². The summed E-state index contributed by atoms with van der Waals surface area (Å²) in [5.74, 6) is -0.0988. The van der Waals surface area contributed by atoms with Gasteiger partial charge in [-0.15, -0.1) is 22.7 Å². The quantitative estimate of drug-likeness (QED) is 0.704. The van der Waals surface area contributed by atoms with Crippen molar-refractivity contribution in [3.05, 3.63) is 61.5 Å². The van der Waals surface area contributed by atoms with Crippen LogP contribution in [0.2, 0.25) is 5.02 Å². The number of rotatable bonds is 5. The predicted molar refractivity (Wildman–Crippen MR) is 100 cm³/mol. The summed E-state index contributed by atoms with van der Waals surface area (Å²) in [6.07, 6.45) is 0.979.